The van der Waals surface area contributed by atoms with Crippen LogP contribution in [0, 0.1) is 0 Å². The summed E-state index contributed by atoms with van der Waals surface area (Å²) >= 11 is 1.79. The second-order valence-electron chi connectivity index (χ2n) is 4.30. The fourth-order valence-corrected chi connectivity index (χ4v) is 2.89. The number of nitrogens with zero attached hydrogens (tertiary/aromatic N) is 1. The fraction of sp³-hybridized carbons (Fsp3) is 0.400. The number of thiophene rings is 1. The van der Waals surface area contributed by atoms with Crippen LogP contribution in [0.15, 0.2) is 35.8 Å². The molecule has 0 radical (unpaired) electrons. The third kappa shape index (κ3) is 2.98. The van der Waals surface area contributed by atoms with Crippen molar-refractivity contribution in [1.29, 1.82) is 0 Å². The molecule has 3 heteroatoms. The van der Waals surface area contributed by atoms with Gasteiger partial charge in [-0.15, -0.1) is 11.3 Å². The maximum absolute atomic E-state index is 4.60. The van der Waals surface area contributed by atoms with E-state index >= 15 is 0 Å². The predicted octanol–water partition coefficient (Wildman–Crippen LogP) is 3.79. The van der Waals surface area contributed by atoms with E-state index in [2.05, 4.69) is 47.7 Å². The van der Waals surface area contributed by atoms with Crippen LogP contribution < -0.4 is 5.32 Å². The standard InChI is InChI=1S/C15H20N2S/c1-3-9-16-15(13-8-6-11-18-13)14-12(4-2)7-5-10-17-14/h5-8,10-11,15-16H,3-4,9H2,1-2H3. The van der Waals surface area contributed by atoms with Gasteiger partial charge in [0.05, 0.1) is 11.7 Å². The summed E-state index contributed by atoms with van der Waals surface area (Å²) in [5.74, 6) is 0. The first kappa shape index (κ1) is 13.2. The highest BCUT2D eigenvalue weighted by molar-refractivity contribution is 7.10. The average Bonchev–Trinajstić information content (AvgIpc) is 2.94. The molecule has 96 valence electrons. The summed E-state index contributed by atoms with van der Waals surface area (Å²) in [6.45, 7) is 5.39. The van der Waals surface area contributed by atoms with Crippen molar-refractivity contribution in [1.82, 2.24) is 10.3 Å². The Bertz CT molecular complexity index is 465. The quantitative estimate of drug-likeness (QED) is 0.854. The van der Waals surface area contributed by atoms with Crippen molar-refractivity contribution in [3.05, 3.63) is 52.0 Å². The van der Waals surface area contributed by atoms with Crippen LogP contribution in [0.2, 0.25) is 0 Å². The molecule has 0 aromatic carbocycles. The van der Waals surface area contributed by atoms with Gasteiger partial charge >= 0.3 is 0 Å². The Morgan fingerprint density at radius 3 is 2.83 bits per heavy atom. The second kappa shape index (κ2) is 6.66. The van der Waals surface area contributed by atoms with Gasteiger partial charge in [0, 0.05) is 11.1 Å². The lowest BCUT2D eigenvalue weighted by Gasteiger charge is -2.19. The third-order valence-electron chi connectivity index (χ3n) is 3.01. The molecule has 1 unspecified atom stereocenters. The molecular weight excluding hydrogens is 240 g/mol. The first-order chi connectivity index (χ1) is 8.86. The molecule has 2 nitrogen and oxygen atoms in total. The summed E-state index contributed by atoms with van der Waals surface area (Å²) in [5.41, 5.74) is 2.51. The SMILES string of the molecule is CCCNC(c1cccs1)c1ncccc1CC. The third-order valence-corrected chi connectivity index (χ3v) is 3.94. The van der Waals surface area contributed by atoms with E-state index in [0.29, 0.717) is 0 Å². The number of hydrogen-bond donors (Lipinski definition) is 1. The Morgan fingerprint density at radius 1 is 1.28 bits per heavy atom. The maximum atomic E-state index is 4.60. The highest BCUT2D eigenvalue weighted by Crippen LogP contribution is 2.27. The van der Waals surface area contributed by atoms with Crippen molar-refractivity contribution < 1.29 is 0 Å². The van der Waals surface area contributed by atoms with Crippen molar-refractivity contribution in [2.45, 2.75) is 32.7 Å². The van der Waals surface area contributed by atoms with Gasteiger partial charge in [0.2, 0.25) is 0 Å². The maximum Gasteiger partial charge on any atom is 0.0847 e. The van der Waals surface area contributed by atoms with Crippen molar-refractivity contribution in [2.24, 2.45) is 0 Å². The number of pyridine rings is 1. The normalized spacial score (nSPS) is 12.6. The molecular formula is C15H20N2S. The monoisotopic (exact) mass is 260 g/mol. The summed E-state index contributed by atoms with van der Waals surface area (Å²) in [5, 5.41) is 5.74. The first-order valence-electron chi connectivity index (χ1n) is 6.57. The first-order valence-corrected chi connectivity index (χ1v) is 7.45. The van der Waals surface area contributed by atoms with E-state index in [0.717, 1.165) is 19.4 Å². The Labute approximate surface area is 113 Å². The minimum atomic E-state index is 0.237. The van der Waals surface area contributed by atoms with Crippen LogP contribution in [0.3, 0.4) is 0 Å². The van der Waals surface area contributed by atoms with Gasteiger partial charge < -0.3 is 5.32 Å². The predicted molar refractivity (Wildman–Crippen MR) is 78.1 cm³/mol. The topological polar surface area (TPSA) is 24.9 Å². The molecule has 0 fully saturated rings. The Balaban J connectivity index is 2.33. The molecule has 0 aliphatic carbocycles. The minimum absolute atomic E-state index is 0.237. The van der Waals surface area contributed by atoms with Crippen molar-refractivity contribution in [3.63, 3.8) is 0 Å². The van der Waals surface area contributed by atoms with Crippen LogP contribution in [0.1, 0.15) is 42.4 Å². The molecule has 0 spiro atoms. The van der Waals surface area contributed by atoms with Gasteiger partial charge in [-0.05, 0) is 42.5 Å². The Hall–Kier alpha value is -1.19. The van der Waals surface area contributed by atoms with E-state index in [1.807, 2.05) is 12.3 Å². The van der Waals surface area contributed by atoms with Gasteiger partial charge in [-0.2, -0.15) is 0 Å². The molecule has 2 aromatic rings. The number of aryl methyl sites for hydroxylation is 1. The van der Waals surface area contributed by atoms with Crippen LogP contribution in [-0.2, 0) is 6.42 Å². The summed E-state index contributed by atoms with van der Waals surface area (Å²) in [6.07, 6.45) is 4.05. The lowest BCUT2D eigenvalue weighted by atomic mass is 10.0. The largest absolute Gasteiger partial charge is 0.304 e. The average molecular weight is 260 g/mol. The van der Waals surface area contributed by atoms with Gasteiger partial charge in [0.15, 0.2) is 0 Å². The van der Waals surface area contributed by atoms with Crippen molar-refractivity contribution in [2.75, 3.05) is 6.54 Å². The van der Waals surface area contributed by atoms with Crippen LogP contribution in [0.5, 0.6) is 0 Å². The number of aromatic nitrogens is 1. The molecule has 1 atom stereocenters. The van der Waals surface area contributed by atoms with Crippen LogP contribution in [0.25, 0.3) is 0 Å². The molecule has 2 rings (SSSR count). The van der Waals surface area contributed by atoms with Crippen LogP contribution in [0.4, 0.5) is 0 Å². The Morgan fingerprint density at radius 2 is 2.17 bits per heavy atom. The van der Waals surface area contributed by atoms with Crippen molar-refractivity contribution >= 4 is 11.3 Å². The minimum Gasteiger partial charge on any atom is -0.304 e. The molecule has 0 saturated heterocycles. The van der Waals surface area contributed by atoms with E-state index in [9.17, 15) is 0 Å². The van der Waals surface area contributed by atoms with E-state index in [4.69, 9.17) is 0 Å². The molecule has 0 amide bonds. The number of rotatable bonds is 6. The zero-order valence-corrected chi connectivity index (χ0v) is 11.8. The van der Waals surface area contributed by atoms with E-state index in [1.165, 1.54) is 16.1 Å². The molecule has 18 heavy (non-hydrogen) atoms. The molecule has 1 N–H and O–H groups in total. The summed E-state index contributed by atoms with van der Waals surface area (Å²) in [7, 11) is 0. The molecule has 2 heterocycles. The lowest BCUT2D eigenvalue weighted by molar-refractivity contribution is 0.589. The van der Waals surface area contributed by atoms with E-state index in [-0.39, 0.29) is 6.04 Å². The fourth-order valence-electron chi connectivity index (χ4n) is 2.09. The van der Waals surface area contributed by atoms with E-state index < -0.39 is 0 Å². The summed E-state index contributed by atoms with van der Waals surface area (Å²) in [4.78, 5) is 5.95. The molecule has 0 bridgehead atoms. The summed E-state index contributed by atoms with van der Waals surface area (Å²) < 4.78 is 0. The van der Waals surface area contributed by atoms with Crippen molar-refractivity contribution in [3.8, 4) is 0 Å². The van der Waals surface area contributed by atoms with E-state index in [1.54, 1.807) is 11.3 Å². The van der Waals surface area contributed by atoms with Gasteiger partial charge in [0.25, 0.3) is 0 Å². The highest BCUT2D eigenvalue weighted by Gasteiger charge is 2.18. The van der Waals surface area contributed by atoms with Gasteiger partial charge in [-0.1, -0.05) is 26.0 Å². The zero-order valence-electron chi connectivity index (χ0n) is 11.0. The van der Waals surface area contributed by atoms with Crippen LogP contribution in [-0.4, -0.2) is 11.5 Å². The molecule has 2 aromatic heterocycles. The summed E-state index contributed by atoms with van der Waals surface area (Å²) in [6, 6.07) is 8.73. The number of hydrogen-bond acceptors (Lipinski definition) is 3. The number of nitrogens with one attached hydrogen (secondary N) is 1. The molecule has 0 saturated carbocycles. The zero-order chi connectivity index (χ0) is 12.8. The molecule has 0 aliphatic heterocycles. The van der Waals surface area contributed by atoms with Gasteiger partial charge in [0.1, 0.15) is 0 Å². The van der Waals surface area contributed by atoms with Crippen LogP contribution >= 0.6 is 11.3 Å². The van der Waals surface area contributed by atoms with Gasteiger partial charge in [-0.25, -0.2) is 0 Å². The second-order valence-corrected chi connectivity index (χ2v) is 5.28. The smallest absolute Gasteiger partial charge is 0.0847 e. The molecule has 0 aliphatic rings. The van der Waals surface area contributed by atoms with Gasteiger partial charge in [-0.3, -0.25) is 4.98 Å². The lowest BCUT2D eigenvalue weighted by Crippen LogP contribution is -2.24. The highest BCUT2D eigenvalue weighted by atomic mass is 32.1. The Kier molecular flexibility index (Phi) is 4.90.